The van der Waals surface area contributed by atoms with Crippen molar-refractivity contribution >= 4 is 23.8 Å². The van der Waals surface area contributed by atoms with E-state index in [9.17, 15) is 19.2 Å². The maximum atomic E-state index is 12.4. The van der Waals surface area contributed by atoms with Crippen molar-refractivity contribution in [2.75, 3.05) is 13.2 Å². The van der Waals surface area contributed by atoms with E-state index >= 15 is 0 Å². The van der Waals surface area contributed by atoms with Crippen molar-refractivity contribution in [3.8, 4) is 0 Å². The normalized spacial score (nSPS) is 23.4. The second kappa shape index (κ2) is 7.19. The van der Waals surface area contributed by atoms with Crippen molar-refractivity contribution in [3.05, 3.63) is 0 Å². The molecule has 0 aromatic rings. The van der Waals surface area contributed by atoms with Gasteiger partial charge in [-0.25, -0.2) is 4.79 Å². The lowest BCUT2D eigenvalue weighted by Gasteiger charge is -2.20. The van der Waals surface area contributed by atoms with Crippen LogP contribution in [0.4, 0.5) is 4.79 Å². The summed E-state index contributed by atoms with van der Waals surface area (Å²) in [5.74, 6) is -1.45. The fourth-order valence-electron chi connectivity index (χ4n) is 2.88. The smallest absolute Gasteiger partial charge is 0.326 e. The third-order valence-electron chi connectivity index (χ3n) is 4.70. The number of hydrogen-bond acceptors (Lipinski definition) is 5. The predicted octanol–water partition coefficient (Wildman–Crippen LogP) is 0.555. The quantitative estimate of drug-likeness (QED) is 0.496. The van der Waals surface area contributed by atoms with Crippen LogP contribution in [0.25, 0.3) is 0 Å². The number of amides is 4. The zero-order valence-electron chi connectivity index (χ0n) is 14.4. The molecule has 2 aliphatic rings. The summed E-state index contributed by atoms with van der Waals surface area (Å²) in [4.78, 5) is 48.7. The summed E-state index contributed by atoms with van der Waals surface area (Å²) in [7, 11) is 0. The molecule has 1 aliphatic carbocycles. The third-order valence-corrected chi connectivity index (χ3v) is 4.70. The third kappa shape index (κ3) is 3.85. The average molecular weight is 339 g/mol. The molecule has 0 bridgehead atoms. The Hall–Kier alpha value is -2.12. The number of nitrogens with zero attached hydrogens (tertiary/aromatic N) is 1. The lowest BCUT2D eigenvalue weighted by Crippen LogP contribution is -2.46. The van der Waals surface area contributed by atoms with Crippen LogP contribution in [0, 0.1) is 5.92 Å². The van der Waals surface area contributed by atoms with E-state index in [2.05, 4.69) is 10.6 Å². The Morgan fingerprint density at radius 3 is 2.50 bits per heavy atom. The highest BCUT2D eigenvalue weighted by atomic mass is 16.5. The fourth-order valence-corrected chi connectivity index (χ4v) is 2.88. The molecular weight excluding hydrogens is 314 g/mol. The van der Waals surface area contributed by atoms with Gasteiger partial charge in [0.1, 0.15) is 12.1 Å². The molecule has 1 aliphatic heterocycles. The zero-order valence-corrected chi connectivity index (χ0v) is 14.4. The first-order valence-corrected chi connectivity index (χ1v) is 8.40. The van der Waals surface area contributed by atoms with Gasteiger partial charge in [0.2, 0.25) is 0 Å². The van der Waals surface area contributed by atoms with E-state index in [1.807, 2.05) is 13.8 Å². The molecule has 1 saturated heterocycles. The summed E-state index contributed by atoms with van der Waals surface area (Å²) in [6, 6.07) is -0.547. The summed E-state index contributed by atoms with van der Waals surface area (Å²) >= 11 is 0. The highest BCUT2D eigenvalue weighted by Gasteiger charge is 2.56. The van der Waals surface area contributed by atoms with Gasteiger partial charge in [-0.1, -0.05) is 13.8 Å². The second-order valence-electron chi connectivity index (χ2n) is 6.54. The summed E-state index contributed by atoms with van der Waals surface area (Å²) in [5, 5.41) is 5.40. The molecule has 134 valence electrons. The monoisotopic (exact) mass is 339 g/mol. The van der Waals surface area contributed by atoms with Crippen LogP contribution >= 0.6 is 0 Å². The van der Waals surface area contributed by atoms with Crippen LogP contribution in [0.2, 0.25) is 0 Å². The minimum atomic E-state index is -0.926. The number of urea groups is 1. The number of imide groups is 1. The molecule has 2 rings (SSSR count). The Kier molecular flexibility index (Phi) is 5.46. The molecule has 8 heteroatoms. The second-order valence-corrected chi connectivity index (χ2v) is 6.54. The van der Waals surface area contributed by atoms with E-state index in [-0.39, 0.29) is 12.0 Å². The van der Waals surface area contributed by atoms with E-state index in [0.29, 0.717) is 0 Å². The Morgan fingerprint density at radius 2 is 1.96 bits per heavy atom. The maximum absolute atomic E-state index is 12.4. The Labute approximate surface area is 141 Å². The molecule has 0 radical (unpaired) electrons. The van der Waals surface area contributed by atoms with Crippen molar-refractivity contribution in [1.29, 1.82) is 0 Å². The van der Waals surface area contributed by atoms with E-state index in [0.717, 1.165) is 30.6 Å². The van der Waals surface area contributed by atoms with Crippen LogP contribution < -0.4 is 10.6 Å². The molecule has 1 saturated carbocycles. The van der Waals surface area contributed by atoms with E-state index in [1.165, 1.54) is 0 Å². The number of esters is 1. The number of ether oxygens (including phenoxy) is 1. The van der Waals surface area contributed by atoms with Crippen LogP contribution in [0.3, 0.4) is 0 Å². The largest absolute Gasteiger partial charge is 0.454 e. The van der Waals surface area contributed by atoms with Crippen LogP contribution in [0.15, 0.2) is 0 Å². The van der Waals surface area contributed by atoms with Gasteiger partial charge in [-0.15, -0.1) is 0 Å². The number of nitrogens with one attached hydrogen (secondary N) is 2. The van der Waals surface area contributed by atoms with E-state index in [4.69, 9.17) is 4.74 Å². The van der Waals surface area contributed by atoms with Crippen LogP contribution in [-0.4, -0.2) is 53.4 Å². The summed E-state index contributed by atoms with van der Waals surface area (Å²) in [5.41, 5.74) is -0.926. The standard InChI is InChI=1S/C16H25N3O5/c1-4-11(5-2)17-12(20)9-24-13(21)8-19-14(22)16(3,10-6-7-10)18-15(19)23/h10-11H,4-9H2,1-3H3,(H,17,20)(H,18,23)/t16-/m1/s1. The molecule has 2 N–H and O–H groups in total. The van der Waals surface area contributed by atoms with Crippen molar-refractivity contribution in [2.24, 2.45) is 5.92 Å². The number of carbonyl (C=O) groups is 4. The summed E-state index contributed by atoms with van der Waals surface area (Å²) in [6.45, 7) is 4.69. The SMILES string of the molecule is CCC(CC)NC(=O)COC(=O)CN1C(=O)N[C@](C)(C2CC2)C1=O. The van der Waals surface area contributed by atoms with Gasteiger partial charge in [-0.2, -0.15) is 0 Å². The van der Waals surface area contributed by atoms with Crippen molar-refractivity contribution in [3.63, 3.8) is 0 Å². The van der Waals surface area contributed by atoms with Gasteiger partial charge in [-0.3, -0.25) is 19.3 Å². The lowest BCUT2D eigenvalue weighted by atomic mass is 9.96. The molecule has 0 aromatic carbocycles. The van der Waals surface area contributed by atoms with Crippen molar-refractivity contribution in [1.82, 2.24) is 15.5 Å². The van der Waals surface area contributed by atoms with Crippen LogP contribution in [-0.2, 0) is 19.1 Å². The first-order valence-electron chi connectivity index (χ1n) is 8.40. The molecule has 2 fully saturated rings. The molecule has 0 spiro atoms. The molecule has 1 atom stereocenters. The maximum Gasteiger partial charge on any atom is 0.326 e. The van der Waals surface area contributed by atoms with E-state index in [1.54, 1.807) is 6.92 Å². The van der Waals surface area contributed by atoms with Gasteiger partial charge in [0, 0.05) is 6.04 Å². The van der Waals surface area contributed by atoms with Crippen LogP contribution in [0.1, 0.15) is 46.5 Å². The number of carbonyl (C=O) groups excluding carboxylic acids is 4. The Bertz CT molecular complexity index is 542. The van der Waals surface area contributed by atoms with Gasteiger partial charge in [0.15, 0.2) is 6.61 Å². The van der Waals surface area contributed by atoms with Gasteiger partial charge in [0.25, 0.3) is 11.8 Å². The van der Waals surface area contributed by atoms with Crippen molar-refractivity contribution < 1.29 is 23.9 Å². The number of rotatable bonds is 8. The minimum Gasteiger partial charge on any atom is -0.454 e. The van der Waals surface area contributed by atoms with Crippen molar-refractivity contribution in [2.45, 2.75) is 58.0 Å². The molecule has 1 heterocycles. The molecule has 24 heavy (non-hydrogen) atoms. The van der Waals surface area contributed by atoms with E-state index < -0.39 is 42.5 Å². The Balaban J connectivity index is 1.81. The fraction of sp³-hybridized carbons (Fsp3) is 0.750. The molecule has 0 unspecified atom stereocenters. The molecule has 8 nitrogen and oxygen atoms in total. The molecular formula is C16H25N3O5. The number of hydrogen-bond donors (Lipinski definition) is 2. The summed E-state index contributed by atoms with van der Waals surface area (Å²) < 4.78 is 4.87. The molecule has 0 aromatic heterocycles. The zero-order chi connectivity index (χ0) is 17.9. The average Bonchev–Trinajstić information content (AvgIpc) is 3.37. The van der Waals surface area contributed by atoms with Crippen LogP contribution in [0.5, 0.6) is 0 Å². The summed E-state index contributed by atoms with van der Waals surface area (Å²) in [6.07, 6.45) is 3.35. The topological polar surface area (TPSA) is 105 Å². The first kappa shape index (κ1) is 18.2. The highest BCUT2D eigenvalue weighted by Crippen LogP contribution is 2.42. The van der Waals surface area contributed by atoms with Gasteiger partial charge < -0.3 is 15.4 Å². The van der Waals surface area contributed by atoms with Gasteiger partial charge >= 0.3 is 12.0 Å². The highest BCUT2D eigenvalue weighted by molar-refractivity contribution is 6.08. The predicted molar refractivity (Wildman–Crippen MR) is 84.8 cm³/mol. The van der Waals surface area contributed by atoms with Gasteiger partial charge in [-0.05, 0) is 38.5 Å². The Morgan fingerprint density at radius 1 is 1.33 bits per heavy atom. The molecule has 4 amide bonds. The minimum absolute atomic E-state index is 0.0430. The van der Waals surface area contributed by atoms with Gasteiger partial charge in [0.05, 0.1) is 0 Å². The lowest BCUT2D eigenvalue weighted by molar-refractivity contribution is -0.151. The first-order chi connectivity index (χ1) is 11.3.